The summed E-state index contributed by atoms with van der Waals surface area (Å²) < 4.78 is 10.8. The molecule has 0 saturated carbocycles. The summed E-state index contributed by atoms with van der Waals surface area (Å²) in [6.45, 7) is 7.04. The summed E-state index contributed by atoms with van der Waals surface area (Å²) in [5.74, 6) is 1.04. The highest BCUT2D eigenvalue weighted by Gasteiger charge is 2.27. The predicted octanol–water partition coefficient (Wildman–Crippen LogP) is 3.42. The SMILES string of the molecule is COc1cc2c(cc1OC)CN([C@H](C)C(=O)NC(=O)Nc1ccc(C)cc1C)CC2. The van der Waals surface area contributed by atoms with Crippen LogP contribution >= 0.6 is 0 Å². The Morgan fingerprint density at radius 1 is 1.03 bits per heavy atom. The van der Waals surface area contributed by atoms with Crippen LogP contribution in [0.1, 0.15) is 29.2 Å². The lowest BCUT2D eigenvalue weighted by Gasteiger charge is -2.33. The van der Waals surface area contributed by atoms with Crippen molar-refractivity contribution in [2.75, 3.05) is 26.1 Å². The van der Waals surface area contributed by atoms with E-state index in [1.165, 1.54) is 5.56 Å². The van der Waals surface area contributed by atoms with Crippen LogP contribution in [-0.2, 0) is 17.8 Å². The number of benzene rings is 2. The van der Waals surface area contributed by atoms with Gasteiger partial charge in [0, 0.05) is 18.8 Å². The van der Waals surface area contributed by atoms with Gasteiger partial charge in [-0.2, -0.15) is 0 Å². The molecule has 0 aromatic heterocycles. The summed E-state index contributed by atoms with van der Waals surface area (Å²) in [4.78, 5) is 27.0. The molecule has 3 amide bonds. The lowest BCUT2D eigenvalue weighted by Crippen LogP contribution is -2.49. The number of hydrogen-bond acceptors (Lipinski definition) is 5. The van der Waals surface area contributed by atoms with Gasteiger partial charge in [-0.05, 0) is 62.1 Å². The highest BCUT2D eigenvalue weighted by Crippen LogP contribution is 2.33. The Morgan fingerprint density at radius 3 is 2.33 bits per heavy atom. The van der Waals surface area contributed by atoms with Crippen LogP contribution < -0.4 is 20.1 Å². The molecule has 0 bridgehead atoms. The molecular weight excluding hydrogens is 382 g/mol. The van der Waals surface area contributed by atoms with E-state index >= 15 is 0 Å². The van der Waals surface area contributed by atoms with Gasteiger partial charge in [-0.3, -0.25) is 15.0 Å². The molecule has 2 N–H and O–H groups in total. The van der Waals surface area contributed by atoms with Crippen molar-refractivity contribution in [3.8, 4) is 11.5 Å². The van der Waals surface area contributed by atoms with Crippen molar-refractivity contribution in [3.05, 3.63) is 52.6 Å². The molecule has 1 aliphatic rings. The normalized spacial score (nSPS) is 14.4. The fourth-order valence-electron chi connectivity index (χ4n) is 3.73. The molecule has 0 fully saturated rings. The second kappa shape index (κ2) is 9.17. The van der Waals surface area contributed by atoms with Crippen LogP contribution in [0, 0.1) is 13.8 Å². The molecule has 7 nitrogen and oxygen atoms in total. The number of anilines is 1. The van der Waals surface area contributed by atoms with Crippen molar-refractivity contribution >= 4 is 17.6 Å². The third kappa shape index (κ3) is 4.74. The van der Waals surface area contributed by atoms with Crippen LogP contribution in [0.25, 0.3) is 0 Å². The molecule has 2 aromatic carbocycles. The van der Waals surface area contributed by atoms with Crippen molar-refractivity contribution in [1.29, 1.82) is 0 Å². The Morgan fingerprint density at radius 2 is 1.70 bits per heavy atom. The summed E-state index contributed by atoms with van der Waals surface area (Å²) in [5, 5.41) is 5.21. The Labute approximate surface area is 177 Å². The lowest BCUT2D eigenvalue weighted by molar-refractivity contribution is -0.125. The van der Waals surface area contributed by atoms with Crippen LogP contribution in [-0.4, -0.2) is 43.6 Å². The molecule has 0 spiro atoms. The van der Waals surface area contributed by atoms with E-state index in [1.807, 2.05) is 56.0 Å². The second-order valence-electron chi connectivity index (χ2n) is 7.63. The van der Waals surface area contributed by atoms with Crippen molar-refractivity contribution in [1.82, 2.24) is 10.2 Å². The maximum atomic E-state index is 12.7. The number of carbonyl (C=O) groups excluding carboxylic acids is 2. The third-order valence-corrected chi connectivity index (χ3v) is 5.54. The van der Waals surface area contributed by atoms with Crippen molar-refractivity contribution in [2.24, 2.45) is 0 Å². The Balaban J connectivity index is 1.63. The van der Waals surface area contributed by atoms with Gasteiger partial charge in [0.05, 0.1) is 20.3 Å². The lowest BCUT2D eigenvalue weighted by atomic mass is 9.97. The summed E-state index contributed by atoms with van der Waals surface area (Å²) in [6, 6.07) is 8.71. The summed E-state index contributed by atoms with van der Waals surface area (Å²) >= 11 is 0. The van der Waals surface area contributed by atoms with Crippen molar-refractivity contribution in [3.63, 3.8) is 0 Å². The average molecular weight is 412 g/mol. The van der Waals surface area contributed by atoms with Gasteiger partial charge < -0.3 is 14.8 Å². The minimum absolute atomic E-state index is 0.332. The van der Waals surface area contributed by atoms with Crippen LogP contribution in [0.4, 0.5) is 10.5 Å². The summed E-state index contributed by atoms with van der Waals surface area (Å²) in [5.41, 5.74) is 5.03. The van der Waals surface area contributed by atoms with E-state index in [1.54, 1.807) is 14.2 Å². The summed E-state index contributed by atoms with van der Waals surface area (Å²) in [6.07, 6.45) is 0.794. The maximum Gasteiger partial charge on any atom is 0.325 e. The van der Waals surface area contributed by atoms with Gasteiger partial charge in [0.1, 0.15) is 0 Å². The molecule has 3 rings (SSSR count). The molecule has 1 aliphatic heterocycles. The van der Waals surface area contributed by atoms with Gasteiger partial charge in [0.25, 0.3) is 0 Å². The molecule has 0 saturated heterocycles. The zero-order chi connectivity index (χ0) is 21.8. The van der Waals surface area contributed by atoms with Gasteiger partial charge in [0.2, 0.25) is 5.91 Å². The van der Waals surface area contributed by atoms with Gasteiger partial charge in [0.15, 0.2) is 11.5 Å². The first kappa shape index (κ1) is 21.6. The number of urea groups is 1. The molecule has 1 atom stereocenters. The van der Waals surface area contributed by atoms with Crippen LogP contribution in [0.15, 0.2) is 30.3 Å². The number of imide groups is 1. The quantitative estimate of drug-likeness (QED) is 0.788. The fraction of sp³-hybridized carbons (Fsp3) is 0.391. The molecule has 0 aliphatic carbocycles. The van der Waals surface area contributed by atoms with Crippen molar-refractivity contribution < 1.29 is 19.1 Å². The Kier molecular flexibility index (Phi) is 6.62. The van der Waals surface area contributed by atoms with E-state index in [-0.39, 0.29) is 5.91 Å². The smallest absolute Gasteiger partial charge is 0.325 e. The van der Waals surface area contributed by atoms with E-state index in [0.29, 0.717) is 23.7 Å². The van der Waals surface area contributed by atoms with Crippen LogP contribution in [0.2, 0.25) is 0 Å². The average Bonchev–Trinajstić information content (AvgIpc) is 2.73. The highest BCUT2D eigenvalue weighted by molar-refractivity contribution is 6.03. The number of hydrogen-bond donors (Lipinski definition) is 2. The molecule has 2 aromatic rings. The second-order valence-corrected chi connectivity index (χ2v) is 7.63. The van der Waals surface area contributed by atoms with E-state index in [2.05, 4.69) is 10.6 Å². The molecule has 0 radical (unpaired) electrons. The monoisotopic (exact) mass is 411 g/mol. The first-order valence-electron chi connectivity index (χ1n) is 9.99. The molecular formula is C23H29N3O4. The Bertz CT molecular complexity index is 958. The first-order chi connectivity index (χ1) is 14.3. The van der Waals surface area contributed by atoms with E-state index in [9.17, 15) is 9.59 Å². The number of nitrogens with zero attached hydrogens (tertiary/aromatic N) is 1. The molecule has 1 heterocycles. The van der Waals surface area contributed by atoms with Gasteiger partial charge in [-0.1, -0.05) is 17.7 Å². The molecule has 160 valence electrons. The minimum atomic E-state index is -0.525. The van der Waals surface area contributed by atoms with Crippen LogP contribution in [0.5, 0.6) is 11.5 Å². The standard InChI is InChI=1S/C23H29N3O4/c1-14-6-7-19(15(2)10-14)24-23(28)25-22(27)16(3)26-9-8-17-11-20(29-4)21(30-5)12-18(17)13-26/h6-7,10-12,16H,8-9,13H2,1-5H3,(H2,24,25,27,28)/t16-/m1/s1. The zero-order valence-electron chi connectivity index (χ0n) is 18.2. The number of fused-ring (bicyclic) bond motifs is 1. The predicted molar refractivity (Wildman–Crippen MR) is 116 cm³/mol. The largest absolute Gasteiger partial charge is 0.493 e. The van der Waals surface area contributed by atoms with Gasteiger partial charge in [-0.15, -0.1) is 0 Å². The molecule has 0 unspecified atom stereocenters. The number of amides is 3. The van der Waals surface area contributed by atoms with E-state index < -0.39 is 12.1 Å². The van der Waals surface area contributed by atoms with E-state index in [0.717, 1.165) is 29.7 Å². The molecule has 30 heavy (non-hydrogen) atoms. The van der Waals surface area contributed by atoms with Gasteiger partial charge in [-0.25, -0.2) is 4.79 Å². The first-order valence-corrected chi connectivity index (χ1v) is 9.99. The molecule has 7 heteroatoms. The number of methoxy groups -OCH3 is 2. The Hall–Kier alpha value is -3.06. The van der Waals surface area contributed by atoms with E-state index in [4.69, 9.17) is 9.47 Å². The topological polar surface area (TPSA) is 79.9 Å². The fourth-order valence-corrected chi connectivity index (χ4v) is 3.73. The highest BCUT2D eigenvalue weighted by atomic mass is 16.5. The number of rotatable bonds is 5. The maximum absolute atomic E-state index is 12.7. The third-order valence-electron chi connectivity index (χ3n) is 5.54. The number of nitrogens with one attached hydrogen (secondary N) is 2. The number of aryl methyl sites for hydroxylation is 2. The van der Waals surface area contributed by atoms with Crippen LogP contribution in [0.3, 0.4) is 0 Å². The van der Waals surface area contributed by atoms with Crippen molar-refractivity contribution in [2.45, 2.75) is 39.8 Å². The zero-order valence-corrected chi connectivity index (χ0v) is 18.2. The minimum Gasteiger partial charge on any atom is -0.493 e. The summed E-state index contributed by atoms with van der Waals surface area (Å²) in [7, 11) is 3.23. The van der Waals surface area contributed by atoms with Gasteiger partial charge >= 0.3 is 6.03 Å². The number of ether oxygens (including phenoxy) is 2. The number of carbonyl (C=O) groups is 2.